The van der Waals surface area contributed by atoms with Crippen molar-refractivity contribution in [1.82, 2.24) is 0 Å². The Morgan fingerprint density at radius 1 is 0.286 bits per heavy atom. The van der Waals surface area contributed by atoms with Gasteiger partial charge in [-0.25, -0.2) is 0 Å². The van der Waals surface area contributed by atoms with Crippen molar-refractivity contribution in [3.63, 3.8) is 0 Å². The van der Waals surface area contributed by atoms with Gasteiger partial charge in [-0.3, -0.25) is 0 Å². The lowest BCUT2D eigenvalue weighted by atomic mass is 9.27. The second-order valence-electron chi connectivity index (χ2n) is 19.0. The molecule has 11 aromatic rings. The van der Waals surface area contributed by atoms with Gasteiger partial charge in [-0.1, -0.05) is 133 Å². The monoisotopic (exact) mass is 1010 g/mol. The summed E-state index contributed by atoms with van der Waals surface area (Å²) in [7, 11) is 0. The van der Waals surface area contributed by atoms with Gasteiger partial charge in [-0.2, -0.15) is 0 Å². The van der Waals surface area contributed by atoms with Crippen molar-refractivity contribution < 1.29 is 60.1 Å². The number of ether oxygens (including phenoxy) is 4. The molecule has 0 fully saturated rings. The van der Waals surface area contributed by atoms with Crippen LogP contribution in [0.15, 0.2) is 224 Å². The minimum Gasteiger partial charge on any atom is -0.458 e. The fraction of sp³-hybridized carbons (Fsp3) is 0. The van der Waals surface area contributed by atoms with Gasteiger partial charge in [0.1, 0.15) is 46.0 Å². The van der Waals surface area contributed by atoms with Crippen LogP contribution in [0.5, 0.6) is 46.0 Å². The molecule has 0 bridgehead atoms. The van der Waals surface area contributed by atoms with Gasteiger partial charge in [-0.15, -0.1) is 0 Å². The lowest BCUT2D eigenvalue weighted by Crippen LogP contribution is -2.70. The number of anilines is 9. The molecule has 0 amide bonds. The number of hydrogen-bond acceptors (Lipinski definition) is 7. The van der Waals surface area contributed by atoms with Crippen molar-refractivity contribution in [2.45, 2.75) is 0 Å². The third kappa shape index (κ3) is 5.16. The largest absolute Gasteiger partial charge is 0.458 e. The molecule has 0 N–H and O–H groups in total. The molecule has 8 aliphatic heterocycles. The Hall–Kier alpha value is -9.72. The highest BCUT2D eigenvalue weighted by Gasteiger charge is 2.54. The minimum absolute atomic E-state index is 0.00841. The van der Waals surface area contributed by atoms with Crippen LogP contribution in [0.25, 0.3) is 0 Å². The van der Waals surface area contributed by atoms with Crippen molar-refractivity contribution in [2.24, 2.45) is 0 Å². The number of para-hydroxylation sites is 6. The van der Waals surface area contributed by atoms with Crippen molar-refractivity contribution in [1.29, 1.82) is 0 Å². The topological polar surface area (TPSA) is 46.6 Å². The van der Waals surface area contributed by atoms with E-state index >= 15 is 0 Å². The predicted molar refractivity (Wildman–Crippen MR) is 315 cm³/mol. The van der Waals surface area contributed by atoms with E-state index in [2.05, 4.69) is 0 Å². The Bertz CT molecular complexity index is 5900. The lowest BCUT2D eigenvalue weighted by molar-refractivity contribution is 0.464. The Morgan fingerprint density at radius 3 is 1.12 bits per heavy atom. The van der Waals surface area contributed by atoms with E-state index in [1.54, 1.807) is 0 Å². The van der Waals surface area contributed by atoms with E-state index in [1.807, 2.05) is 0 Å². The van der Waals surface area contributed by atoms with E-state index in [9.17, 15) is 32.9 Å². The predicted octanol–water partition coefficient (Wildman–Crippen LogP) is 7.84. The molecular weight excluding hydrogens is 942 g/mol. The maximum absolute atomic E-state index is 11.2. The fourth-order valence-electron chi connectivity index (χ4n) is 12.7. The van der Waals surface area contributed by atoms with Gasteiger partial charge in [0.2, 0.25) is 0 Å². The molecule has 0 atom stereocenters. The average molecular weight is 1010 g/mol. The number of rotatable bonds is 2. The lowest BCUT2D eigenvalue weighted by Gasteiger charge is -2.51. The van der Waals surface area contributed by atoms with Crippen LogP contribution in [0.2, 0.25) is 0 Å². The number of hydrogen-bond donors (Lipinski definition) is 0. The Morgan fingerprint density at radius 2 is 0.662 bits per heavy atom. The molecule has 0 unspecified atom stereocenters. The molecule has 8 heterocycles. The van der Waals surface area contributed by atoms with Crippen LogP contribution in [0.4, 0.5) is 51.2 Å². The minimum atomic E-state index is -1.96. The van der Waals surface area contributed by atoms with E-state index in [0.29, 0.717) is 0 Å². The summed E-state index contributed by atoms with van der Waals surface area (Å²) in [5.74, 6) is -1.88. The molecule has 77 heavy (non-hydrogen) atoms. The molecular formula is C66H37B4N3O4. The normalized spacial score (nSPS) is 20.2. The Labute approximate surface area is 487 Å². The average Bonchev–Trinajstić information content (AvgIpc) is 0.648. The van der Waals surface area contributed by atoms with Crippen LogP contribution >= 0.6 is 0 Å². The molecule has 19 rings (SSSR count). The Kier molecular flexibility index (Phi) is 4.21. The van der Waals surface area contributed by atoms with Gasteiger partial charge in [0.05, 0.1) is 41.1 Å². The molecule has 0 spiro atoms. The summed E-state index contributed by atoms with van der Waals surface area (Å²) in [5.41, 5.74) is -8.41. The van der Waals surface area contributed by atoms with Gasteiger partial charge in [0, 0.05) is 74.2 Å². The summed E-state index contributed by atoms with van der Waals surface area (Å²) < 4.78 is 317. The highest BCUT2D eigenvalue weighted by Crippen LogP contribution is 2.51. The number of benzene rings is 11. The maximum atomic E-state index is 11.2. The van der Waals surface area contributed by atoms with Crippen LogP contribution in [0.1, 0.15) is 41.1 Å². The molecule has 0 radical (unpaired) electrons. The van der Waals surface area contributed by atoms with E-state index in [1.165, 1.54) is 47.4 Å². The fourth-order valence-corrected chi connectivity index (χ4v) is 12.7. The van der Waals surface area contributed by atoms with Gasteiger partial charge < -0.3 is 33.6 Å². The summed E-state index contributed by atoms with van der Waals surface area (Å²) >= 11 is 0. The summed E-state index contributed by atoms with van der Waals surface area (Å²) in [4.78, 5) is 3.10. The van der Waals surface area contributed by atoms with Crippen LogP contribution in [-0.4, -0.2) is 26.9 Å². The van der Waals surface area contributed by atoms with Crippen molar-refractivity contribution in [2.75, 3.05) is 14.7 Å². The second kappa shape index (κ2) is 14.6. The molecule has 0 aliphatic carbocycles. The first-order valence-electron chi connectivity index (χ1n) is 39.2. The van der Waals surface area contributed by atoms with Crippen LogP contribution in [0.3, 0.4) is 0 Å². The standard InChI is InChI=1S/C66H37B4N3O4/c1-3-17-38(18-4-1)71-48-25-11-7-21-40(48)67-44-33-46-60(76-58-31-15-29-56-64(58)69(46)42-23-9-13-27-54(42)74-56)36-50(44)73-51-37-61-47(70-43-24-10-14-28-55(43)75-57-30-16-32-59(77-61)65(57)70)34-45(51)68-41-22-8-12-26-49(41)72(39-19-5-2-6-20-39)53-35-52(71)62(67)66(73)63(53)68/h1-37H/i1D,2D,3D,4D,5D,6D,7D,8D,9D,10D,11D,12D,13D,14D,17D,18D,19D,20D,21D,22D,23D,24D,25D,26D,27D,28D,33D,34D,36D,37D. The first-order chi connectivity index (χ1) is 50.7. The third-order valence-corrected chi connectivity index (χ3v) is 15.5. The molecule has 0 saturated carbocycles. The number of nitrogens with zero attached hydrogens (tertiary/aromatic N) is 3. The molecule has 0 aromatic heterocycles. The van der Waals surface area contributed by atoms with Gasteiger partial charge in [0.15, 0.2) is 0 Å². The quantitative estimate of drug-likeness (QED) is 0.164. The first kappa shape index (κ1) is 22.2. The SMILES string of the molecule is [2H]c1c([2H])c([2H])c(N2c3cc4c5c6c3B(c3c([2H])c([2H])c([2H])c([2H])c32)c2c([2H])c3c(c([2H])c2N6c2c([2H])c6c(c([2H])c2B5c2c([2H])c([2H])c([2H])c([2H])c2N4c2c([2H])c([2H])c([2H])c([2H])c2[2H])B2c4c(cccc4O6)Oc4c([2H])c([2H])c([2H])c([2H])c42)Oc2cccc4c2B3c2c([2H])c([2H])c([2H])c([2H])c2O4)c([2H])c1[2H]. The summed E-state index contributed by atoms with van der Waals surface area (Å²) in [6.07, 6.45) is 0. The van der Waals surface area contributed by atoms with Crippen LogP contribution < -0.4 is 99.2 Å². The molecule has 8 aliphatic rings. The van der Waals surface area contributed by atoms with E-state index in [4.69, 9.17) is 27.2 Å². The maximum Gasteiger partial charge on any atom is 0.260 e. The molecule has 11 aromatic carbocycles. The van der Waals surface area contributed by atoms with Crippen LogP contribution in [-0.2, 0) is 0 Å². The summed E-state index contributed by atoms with van der Waals surface area (Å²) in [5, 5.41) is 0. The van der Waals surface area contributed by atoms with Crippen LogP contribution in [0, 0.1) is 0 Å². The van der Waals surface area contributed by atoms with Gasteiger partial charge in [-0.05, 0) is 133 Å². The Balaban J connectivity index is 1.07. The summed E-state index contributed by atoms with van der Waals surface area (Å²) in [6.45, 7) is -6.99. The highest BCUT2D eigenvalue weighted by molar-refractivity contribution is 7.06. The van der Waals surface area contributed by atoms with Crippen molar-refractivity contribution in [3.05, 3.63) is 224 Å². The smallest absolute Gasteiger partial charge is 0.260 e. The molecule has 11 heteroatoms. The summed E-state index contributed by atoms with van der Waals surface area (Å²) in [6, 6.07) is -15.2. The van der Waals surface area contributed by atoms with E-state index in [-0.39, 0.29) is 83.9 Å². The zero-order valence-corrected chi connectivity index (χ0v) is 38.8. The number of fused-ring (bicyclic) bond motifs is 18. The molecule has 7 nitrogen and oxygen atoms in total. The van der Waals surface area contributed by atoms with Crippen molar-refractivity contribution >= 4 is 144 Å². The van der Waals surface area contributed by atoms with E-state index < -0.39 is 287 Å². The third-order valence-electron chi connectivity index (χ3n) is 15.5. The molecule has 0 saturated heterocycles. The van der Waals surface area contributed by atoms with Gasteiger partial charge >= 0.3 is 0 Å². The molecule has 352 valence electrons. The zero-order valence-electron chi connectivity index (χ0n) is 68.8. The highest BCUT2D eigenvalue weighted by atomic mass is 16.5. The zero-order chi connectivity index (χ0) is 75.9. The van der Waals surface area contributed by atoms with Crippen molar-refractivity contribution in [3.8, 4) is 46.0 Å². The first-order valence-corrected chi connectivity index (χ1v) is 24.2. The van der Waals surface area contributed by atoms with Gasteiger partial charge in [0.25, 0.3) is 26.9 Å². The van der Waals surface area contributed by atoms with E-state index in [0.717, 1.165) is 9.80 Å². The second-order valence-corrected chi connectivity index (χ2v) is 19.0.